The first-order valence-electron chi connectivity index (χ1n) is 7.23. The summed E-state index contributed by atoms with van der Waals surface area (Å²) in [4.78, 5) is 21.0. The van der Waals surface area contributed by atoms with Crippen LogP contribution in [0.25, 0.3) is 0 Å². The maximum absolute atomic E-state index is 9.03. The summed E-state index contributed by atoms with van der Waals surface area (Å²) < 4.78 is 0. The second-order valence-corrected chi connectivity index (χ2v) is 5.04. The number of hydrogen-bond acceptors (Lipinski definition) is 5. The molecule has 0 aliphatic carbocycles. The summed E-state index contributed by atoms with van der Waals surface area (Å²) in [6.07, 6.45) is -0.483. The van der Waals surface area contributed by atoms with Crippen LogP contribution in [0, 0.1) is 0 Å². The Morgan fingerprint density at radius 2 is 1.14 bits per heavy atom. The number of aliphatic hydroxyl groups is 1. The standard InChI is InChI=1S/C17H18O5/c1-2-12-3-7-14(8-4-12)16-19-21-17(22-20-16)15-9-5-13(11-18)6-10-15/h3-10,16-18H,2,11H2,1H3. The minimum absolute atomic E-state index is 0.00447. The van der Waals surface area contributed by atoms with E-state index in [1.807, 2.05) is 24.3 Å². The van der Waals surface area contributed by atoms with Crippen molar-refractivity contribution in [3.63, 3.8) is 0 Å². The highest BCUT2D eigenvalue weighted by atomic mass is 17.4. The van der Waals surface area contributed by atoms with Crippen LogP contribution in [-0.2, 0) is 32.6 Å². The molecule has 0 atom stereocenters. The maximum atomic E-state index is 9.03. The monoisotopic (exact) mass is 302 g/mol. The number of rotatable bonds is 4. The normalized spacial score (nSPS) is 21.7. The van der Waals surface area contributed by atoms with Crippen molar-refractivity contribution in [2.45, 2.75) is 32.5 Å². The Morgan fingerprint density at radius 3 is 1.50 bits per heavy atom. The Bertz CT molecular complexity index is 530. The van der Waals surface area contributed by atoms with Crippen molar-refractivity contribution < 1.29 is 24.7 Å². The molecule has 2 aromatic rings. The molecule has 5 nitrogen and oxygen atoms in total. The lowest BCUT2D eigenvalue weighted by Gasteiger charge is -2.27. The first kappa shape index (κ1) is 15.1. The third kappa shape index (κ3) is 3.35. The van der Waals surface area contributed by atoms with Gasteiger partial charge in [-0.2, -0.15) is 19.6 Å². The molecule has 1 heterocycles. The molecular weight excluding hydrogens is 284 g/mol. The van der Waals surface area contributed by atoms with Crippen molar-refractivity contribution in [1.82, 2.24) is 0 Å². The molecule has 5 heteroatoms. The summed E-state index contributed by atoms with van der Waals surface area (Å²) >= 11 is 0. The van der Waals surface area contributed by atoms with Crippen molar-refractivity contribution in [2.24, 2.45) is 0 Å². The molecule has 1 N–H and O–H groups in total. The van der Waals surface area contributed by atoms with Gasteiger partial charge >= 0.3 is 0 Å². The highest BCUT2D eigenvalue weighted by molar-refractivity contribution is 5.24. The van der Waals surface area contributed by atoms with Crippen molar-refractivity contribution in [3.8, 4) is 0 Å². The van der Waals surface area contributed by atoms with Crippen molar-refractivity contribution in [3.05, 3.63) is 70.8 Å². The average Bonchev–Trinajstić information content (AvgIpc) is 2.62. The number of benzene rings is 2. The highest BCUT2D eigenvalue weighted by Crippen LogP contribution is 2.32. The predicted octanol–water partition coefficient (Wildman–Crippen LogP) is 3.35. The fraction of sp³-hybridized carbons (Fsp3) is 0.294. The summed E-state index contributed by atoms with van der Waals surface area (Å²) in [7, 11) is 0. The molecule has 0 bridgehead atoms. The van der Waals surface area contributed by atoms with Gasteiger partial charge in [-0.15, -0.1) is 0 Å². The molecule has 0 radical (unpaired) electrons. The zero-order valence-electron chi connectivity index (χ0n) is 12.3. The van der Waals surface area contributed by atoms with E-state index in [9.17, 15) is 0 Å². The summed E-state index contributed by atoms with van der Waals surface area (Å²) in [6, 6.07) is 15.0. The Morgan fingerprint density at radius 1 is 0.727 bits per heavy atom. The molecule has 0 saturated carbocycles. The highest BCUT2D eigenvalue weighted by Gasteiger charge is 2.28. The average molecular weight is 302 g/mol. The van der Waals surface area contributed by atoms with Gasteiger partial charge in [0, 0.05) is 11.1 Å². The first-order valence-corrected chi connectivity index (χ1v) is 7.23. The molecule has 1 aliphatic heterocycles. The van der Waals surface area contributed by atoms with Crippen molar-refractivity contribution in [1.29, 1.82) is 0 Å². The Labute approximate surface area is 128 Å². The van der Waals surface area contributed by atoms with Gasteiger partial charge in [0.15, 0.2) is 0 Å². The SMILES string of the molecule is CCc1ccc(C2OOC(c3ccc(CO)cc3)OO2)cc1. The van der Waals surface area contributed by atoms with Gasteiger partial charge in [-0.3, -0.25) is 0 Å². The largest absolute Gasteiger partial charge is 0.392 e. The van der Waals surface area contributed by atoms with Crippen molar-refractivity contribution in [2.75, 3.05) is 0 Å². The predicted molar refractivity (Wildman–Crippen MR) is 78.0 cm³/mol. The summed E-state index contributed by atoms with van der Waals surface area (Å²) in [5, 5.41) is 9.03. The topological polar surface area (TPSA) is 57.2 Å². The van der Waals surface area contributed by atoms with E-state index >= 15 is 0 Å². The van der Waals surface area contributed by atoms with Crippen LogP contribution < -0.4 is 0 Å². The molecule has 116 valence electrons. The van der Waals surface area contributed by atoms with Gasteiger partial charge in [-0.1, -0.05) is 55.5 Å². The molecule has 0 spiro atoms. The van der Waals surface area contributed by atoms with E-state index in [1.54, 1.807) is 24.3 Å². The second kappa shape index (κ2) is 7.00. The van der Waals surface area contributed by atoms with Gasteiger partial charge in [-0.25, -0.2) is 0 Å². The Balaban J connectivity index is 1.61. The van der Waals surface area contributed by atoms with Crippen LogP contribution in [0.4, 0.5) is 0 Å². The van der Waals surface area contributed by atoms with Crippen LogP contribution >= 0.6 is 0 Å². The van der Waals surface area contributed by atoms with Crippen LogP contribution in [0.3, 0.4) is 0 Å². The van der Waals surface area contributed by atoms with Crippen LogP contribution in [0.15, 0.2) is 48.5 Å². The molecule has 1 aliphatic rings. The molecule has 3 rings (SSSR count). The van der Waals surface area contributed by atoms with Gasteiger partial charge in [0.05, 0.1) is 6.61 Å². The number of hydrogen-bond donors (Lipinski definition) is 1. The van der Waals surface area contributed by atoms with Gasteiger partial charge in [0.1, 0.15) is 0 Å². The van der Waals surface area contributed by atoms with E-state index in [2.05, 4.69) is 6.92 Å². The lowest BCUT2D eigenvalue weighted by Crippen LogP contribution is -2.22. The van der Waals surface area contributed by atoms with Gasteiger partial charge in [-0.05, 0) is 17.5 Å². The van der Waals surface area contributed by atoms with Crippen molar-refractivity contribution >= 4 is 0 Å². The third-order valence-electron chi connectivity index (χ3n) is 3.56. The summed E-state index contributed by atoms with van der Waals surface area (Å²) in [5.41, 5.74) is 3.63. The molecule has 1 fully saturated rings. The molecule has 22 heavy (non-hydrogen) atoms. The Hall–Kier alpha value is -1.76. The van der Waals surface area contributed by atoms with E-state index < -0.39 is 12.6 Å². The molecule has 0 amide bonds. The lowest BCUT2D eigenvalue weighted by atomic mass is 10.1. The lowest BCUT2D eigenvalue weighted by molar-refractivity contribution is -0.600. The summed E-state index contributed by atoms with van der Waals surface area (Å²) in [5.74, 6) is 0. The first-order chi connectivity index (χ1) is 10.8. The molecule has 1 saturated heterocycles. The van der Waals surface area contributed by atoms with Gasteiger partial charge < -0.3 is 5.11 Å². The zero-order valence-corrected chi connectivity index (χ0v) is 12.3. The number of aryl methyl sites for hydroxylation is 1. The molecular formula is C17H18O5. The minimum atomic E-state index is -0.751. The van der Waals surface area contributed by atoms with Crippen LogP contribution in [-0.4, -0.2) is 5.11 Å². The second-order valence-electron chi connectivity index (χ2n) is 5.04. The minimum Gasteiger partial charge on any atom is -0.392 e. The van der Waals surface area contributed by atoms with E-state index in [4.69, 9.17) is 24.7 Å². The van der Waals surface area contributed by atoms with E-state index in [1.165, 1.54) is 5.56 Å². The molecule has 0 unspecified atom stereocenters. The van der Waals surface area contributed by atoms with Crippen LogP contribution in [0.1, 0.15) is 41.8 Å². The molecule has 0 aromatic heterocycles. The van der Waals surface area contributed by atoms with E-state index in [0.717, 1.165) is 23.1 Å². The summed E-state index contributed by atoms with van der Waals surface area (Å²) in [6.45, 7) is 2.09. The Kier molecular flexibility index (Phi) is 4.82. The van der Waals surface area contributed by atoms with Crippen LogP contribution in [0.2, 0.25) is 0 Å². The molecule has 2 aromatic carbocycles. The number of aliphatic hydroxyl groups excluding tert-OH is 1. The van der Waals surface area contributed by atoms with E-state index in [0.29, 0.717) is 0 Å². The van der Waals surface area contributed by atoms with E-state index in [-0.39, 0.29) is 6.61 Å². The van der Waals surface area contributed by atoms with Crippen LogP contribution in [0.5, 0.6) is 0 Å². The zero-order chi connectivity index (χ0) is 15.4. The van der Waals surface area contributed by atoms with Gasteiger partial charge in [0.2, 0.25) is 12.6 Å². The van der Waals surface area contributed by atoms with Gasteiger partial charge in [0.25, 0.3) is 0 Å². The third-order valence-corrected chi connectivity index (χ3v) is 3.56. The fourth-order valence-corrected chi connectivity index (χ4v) is 2.15. The quantitative estimate of drug-likeness (QED) is 0.878. The maximum Gasteiger partial charge on any atom is 0.249 e. The fourth-order valence-electron chi connectivity index (χ4n) is 2.15. The smallest absolute Gasteiger partial charge is 0.249 e.